The summed E-state index contributed by atoms with van der Waals surface area (Å²) >= 11 is 3.42. The zero-order valence-electron chi connectivity index (χ0n) is 12.9. The summed E-state index contributed by atoms with van der Waals surface area (Å²) in [5.41, 5.74) is 6.60. The predicted molar refractivity (Wildman–Crippen MR) is 89.5 cm³/mol. The molecule has 1 aromatic heterocycles. The largest absolute Gasteiger partial charge is 0.376 e. The van der Waals surface area contributed by atoms with Gasteiger partial charge in [-0.2, -0.15) is 5.10 Å². The summed E-state index contributed by atoms with van der Waals surface area (Å²) in [6.07, 6.45) is 7.25. The molecular weight excluding hydrogens is 332 g/mol. The van der Waals surface area contributed by atoms with Gasteiger partial charge in [-0.25, -0.2) is 4.68 Å². The van der Waals surface area contributed by atoms with Gasteiger partial charge in [0.25, 0.3) is 5.56 Å². The van der Waals surface area contributed by atoms with Crippen LogP contribution in [0.25, 0.3) is 0 Å². The van der Waals surface area contributed by atoms with Gasteiger partial charge in [-0.05, 0) is 41.1 Å². The van der Waals surface area contributed by atoms with Crippen LogP contribution in [0.2, 0.25) is 0 Å². The van der Waals surface area contributed by atoms with Crippen molar-refractivity contribution in [2.45, 2.75) is 58.0 Å². The minimum atomic E-state index is -0.133. The summed E-state index contributed by atoms with van der Waals surface area (Å²) in [6.45, 7) is 5.47. The molecule has 0 amide bonds. The first-order valence-corrected chi connectivity index (χ1v) is 8.57. The molecule has 0 radical (unpaired) electrons. The third-order valence-corrected chi connectivity index (χ3v) is 5.39. The average Bonchev–Trinajstić information content (AvgIpc) is 2.49. The molecule has 6 heteroatoms. The zero-order chi connectivity index (χ0) is 15.5. The number of aromatic nitrogens is 2. The van der Waals surface area contributed by atoms with Gasteiger partial charge >= 0.3 is 0 Å². The highest BCUT2D eigenvalue weighted by atomic mass is 79.9. The number of nitrogens with zero attached hydrogens (tertiary/aromatic N) is 2. The molecule has 0 bridgehead atoms. The van der Waals surface area contributed by atoms with E-state index in [-0.39, 0.29) is 11.1 Å². The molecule has 1 fully saturated rings. The van der Waals surface area contributed by atoms with E-state index in [9.17, 15) is 4.79 Å². The monoisotopic (exact) mass is 356 g/mol. The summed E-state index contributed by atoms with van der Waals surface area (Å²) in [4.78, 5) is 12.3. The second kappa shape index (κ2) is 6.92. The number of halogens is 1. The van der Waals surface area contributed by atoms with Gasteiger partial charge in [-0.1, -0.05) is 26.7 Å². The second-order valence-corrected chi connectivity index (χ2v) is 6.83. The Bertz CT molecular complexity index is 545. The van der Waals surface area contributed by atoms with E-state index in [1.807, 2.05) is 6.92 Å². The van der Waals surface area contributed by atoms with Crippen molar-refractivity contribution in [1.82, 2.24) is 9.78 Å². The summed E-state index contributed by atoms with van der Waals surface area (Å²) in [5.74, 6) is 0.487. The van der Waals surface area contributed by atoms with Crippen molar-refractivity contribution in [3.8, 4) is 0 Å². The molecule has 2 rings (SSSR count). The van der Waals surface area contributed by atoms with E-state index < -0.39 is 0 Å². The molecule has 21 heavy (non-hydrogen) atoms. The van der Waals surface area contributed by atoms with Crippen molar-refractivity contribution >= 4 is 21.6 Å². The molecular formula is C15H25BrN4O. The molecule has 1 saturated carbocycles. The molecule has 118 valence electrons. The maximum Gasteiger partial charge on any atom is 0.283 e. The fourth-order valence-corrected chi connectivity index (χ4v) is 3.55. The van der Waals surface area contributed by atoms with Crippen molar-refractivity contribution in [2.24, 2.45) is 11.7 Å². The number of hydrogen-bond donors (Lipinski definition) is 2. The van der Waals surface area contributed by atoms with Gasteiger partial charge in [0.15, 0.2) is 0 Å². The molecule has 2 atom stereocenters. The molecule has 1 aliphatic rings. The fourth-order valence-electron chi connectivity index (χ4n) is 3.15. The van der Waals surface area contributed by atoms with Gasteiger partial charge in [0.05, 0.1) is 17.4 Å². The first-order valence-electron chi connectivity index (χ1n) is 7.78. The van der Waals surface area contributed by atoms with E-state index >= 15 is 0 Å². The van der Waals surface area contributed by atoms with Crippen molar-refractivity contribution in [3.63, 3.8) is 0 Å². The first-order chi connectivity index (χ1) is 10.0. The highest BCUT2D eigenvalue weighted by Gasteiger charge is 2.37. The van der Waals surface area contributed by atoms with Gasteiger partial charge in [-0.15, -0.1) is 0 Å². The molecule has 0 spiro atoms. The number of rotatable bonds is 5. The SMILES string of the molecule is CCCn1ncc(NC2(CN)CCCCC2C)c(Br)c1=O. The van der Waals surface area contributed by atoms with Crippen LogP contribution in [-0.2, 0) is 6.54 Å². The lowest BCUT2D eigenvalue weighted by atomic mass is 9.73. The summed E-state index contributed by atoms with van der Waals surface area (Å²) < 4.78 is 2.05. The Kier molecular flexibility index (Phi) is 5.43. The van der Waals surface area contributed by atoms with Crippen molar-refractivity contribution < 1.29 is 0 Å². The third kappa shape index (κ3) is 3.31. The van der Waals surface area contributed by atoms with Crippen LogP contribution < -0.4 is 16.6 Å². The number of nitrogens with one attached hydrogen (secondary N) is 1. The lowest BCUT2D eigenvalue weighted by molar-refractivity contribution is 0.235. The highest BCUT2D eigenvalue weighted by Crippen LogP contribution is 2.36. The van der Waals surface area contributed by atoms with Crippen LogP contribution in [0.3, 0.4) is 0 Å². The maximum absolute atomic E-state index is 12.3. The van der Waals surface area contributed by atoms with Crippen LogP contribution in [0.15, 0.2) is 15.5 Å². The topological polar surface area (TPSA) is 72.9 Å². The van der Waals surface area contributed by atoms with E-state index in [2.05, 4.69) is 33.3 Å². The molecule has 0 saturated heterocycles. The quantitative estimate of drug-likeness (QED) is 0.850. The van der Waals surface area contributed by atoms with Crippen molar-refractivity contribution in [1.29, 1.82) is 0 Å². The Morgan fingerprint density at radius 2 is 2.33 bits per heavy atom. The van der Waals surface area contributed by atoms with Crippen molar-refractivity contribution in [2.75, 3.05) is 11.9 Å². The minimum absolute atomic E-state index is 0.0857. The van der Waals surface area contributed by atoms with Gasteiger partial charge in [-0.3, -0.25) is 4.79 Å². The minimum Gasteiger partial charge on any atom is -0.376 e. The lowest BCUT2D eigenvalue weighted by Crippen LogP contribution is -2.52. The van der Waals surface area contributed by atoms with Crippen LogP contribution >= 0.6 is 15.9 Å². The van der Waals surface area contributed by atoms with Gasteiger partial charge in [0, 0.05) is 13.1 Å². The standard InChI is InChI=1S/C15H25BrN4O/c1-3-8-20-14(21)13(16)12(9-18-20)19-15(10-17)7-5-4-6-11(15)2/h9,11,19H,3-8,10,17H2,1-2H3. The van der Waals surface area contributed by atoms with Crippen LogP contribution in [0.1, 0.15) is 46.0 Å². The van der Waals surface area contributed by atoms with Crippen LogP contribution in [0.5, 0.6) is 0 Å². The summed E-state index contributed by atoms with van der Waals surface area (Å²) in [5, 5.41) is 7.78. The van der Waals surface area contributed by atoms with E-state index in [0.29, 0.717) is 23.5 Å². The normalized spacial score (nSPS) is 25.8. The molecule has 2 unspecified atom stereocenters. The summed E-state index contributed by atoms with van der Waals surface area (Å²) in [6, 6.07) is 0. The number of hydrogen-bond acceptors (Lipinski definition) is 4. The Labute approximate surface area is 134 Å². The van der Waals surface area contributed by atoms with Gasteiger partial charge in [0.2, 0.25) is 0 Å². The van der Waals surface area contributed by atoms with Gasteiger partial charge in [0.1, 0.15) is 4.47 Å². The molecule has 3 N–H and O–H groups in total. The zero-order valence-corrected chi connectivity index (χ0v) is 14.4. The maximum atomic E-state index is 12.3. The fraction of sp³-hybridized carbons (Fsp3) is 0.733. The molecule has 1 heterocycles. The first kappa shape index (κ1) is 16.5. The predicted octanol–water partition coefficient (Wildman–Crippen LogP) is 2.74. The van der Waals surface area contributed by atoms with Crippen LogP contribution in [-0.4, -0.2) is 21.9 Å². The van der Waals surface area contributed by atoms with E-state index in [1.165, 1.54) is 23.9 Å². The van der Waals surface area contributed by atoms with Crippen LogP contribution in [0, 0.1) is 5.92 Å². The average molecular weight is 357 g/mol. The van der Waals surface area contributed by atoms with E-state index in [4.69, 9.17) is 5.73 Å². The van der Waals surface area contributed by atoms with E-state index in [1.54, 1.807) is 6.20 Å². The molecule has 1 aromatic rings. The molecule has 5 nitrogen and oxygen atoms in total. The Balaban J connectivity index is 2.30. The van der Waals surface area contributed by atoms with Gasteiger partial charge < -0.3 is 11.1 Å². The smallest absolute Gasteiger partial charge is 0.283 e. The van der Waals surface area contributed by atoms with Crippen LogP contribution in [0.4, 0.5) is 5.69 Å². The number of nitrogens with two attached hydrogens (primary N) is 1. The lowest BCUT2D eigenvalue weighted by Gasteiger charge is -2.43. The molecule has 0 aromatic carbocycles. The Morgan fingerprint density at radius 3 is 2.95 bits per heavy atom. The number of anilines is 1. The van der Waals surface area contributed by atoms with Crippen molar-refractivity contribution in [3.05, 3.63) is 21.0 Å². The Morgan fingerprint density at radius 1 is 1.57 bits per heavy atom. The second-order valence-electron chi connectivity index (χ2n) is 6.03. The third-order valence-electron chi connectivity index (χ3n) is 4.62. The molecule has 0 aliphatic heterocycles. The summed E-state index contributed by atoms with van der Waals surface area (Å²) in [7, 11) is 0. The highest BCUT2D eigenvalue weighted by molar-refractivity contribution is 9.10. The Hall–Kier alpha value is -0.880. The molecule has 1 aliphatic carbocycles. The number of aryl methyl sites for hydroxylation is 1. The van der Waals surface area contributed by atoms with E-state index in [0.717, 1.165) is 18.5 Å².